The Balaban J connectivity index is 2.34. The minimum absolute atomic E-state index is 0.182. The monoisotopic (exact) mass is 265 g/mol. The van der Waals surface area contributed by atoms with E-state index in [4.69, 9.17) is 9.84 Å². The molecule has 1 aromatic carbocycles. The molecule has 0 aliphatic heterocycles. The fraction of sp³-hybridized carbons (Fsp3) is 0.625. The van der Waals surface area contributed by atoms with Crippen LogP contribution >= 0.6 is 0 Å². The molecule has 0 heterocycles. The quantitative estimate of drug-likeness (QED) is 0.721. The third kappa shape index (κ3) is 6.60. The van der Waals surface area contributed by atoms with E-state index in [1.165, 1.54) is 5.56 Å². The lowest BCUT2D eigenvalue weighted by Gasteiger charge is -2.14. The molecule has 1 rings (SSSR count). The maximum atomic E-state index is 9.11. The number of hydrogen-bond donors (Lipinski definition) is 2. The first-order chi connectivity index (χ1) is 9.15. The zero-order valence-corrected chi connectivity index (χ0v) is 12.4. The minimum atomic E-state index is 0.182. The molecule has 1 atom stereocenters. The van der Waals surface area contributed by atoms with E-state index in [-0.39, 0.29) is 12.6 Å². The van der Waals surface area contributed by atoms with Crippen LogP contribution in [0.1, 0.15) is 39.2 Å². The van der Waals surface area contributed by atoms with Crippen molar-refractivity contribution in [3.05, 3.63) is 29.8 Å². The molecule has 0 aliphatic rings. The van der Waals surface area contributed by atoms with E-state index in [9.17, 15) is 0 Å². The highest BCUT2D eigenvalue weighted by molar-refractivity contribution is 5.27. The van der Waals surface area contributed by atoms with Crippen LogP contribution in [-0.2, 0) is 6.54 Å². The molecule has 0 fully saturated rings. The Labute approximate surface area is 117 Å². The second-order valence-electron chi connectivity index (χ2n) is 5.34. The molecule has 0 saturated heterocycles. The number of hydrogen-bond acceptors (Lipinski definition) is 3. The number of rotatable bonds is 9. The van der Waals surface area contributed by atoms with Crippen molar-refractivity contribution >= 4 is 0 Å². The third-order valence-corrected chi connectivity index (χ3v) is 3.20. The van der Waals surface area contributed by atoms with E-state index in [1.807, 2.05) is 12.1 Å². The highest BCUT2D eigenvalue weighted by atomic mass is 16.5. The molecule has 0 radical (unpaired) electrons. The summed E-state index contributed by atoms with van der Waals surface area (Å²) in [7, 11) is 0. The molecular weight excluding hydrogens is 238 g/mol. The summed E-state index contributed by atoms with van der Waals surface area (Å²) in [5, 5.41) is 12.4. The first-order valence-electron chi connectivity index (χ1n) is 7.21. The van der Waals surface area contributed by atoms with Crippen LogP contribution in [0.4, 0.5) is 0 Å². The molecule has 0 aromatic heterocycles. The summed E-state index contributed by atoms with van der Waals surface area (Å²) < 4.78 is 5.68. The summed E-state index contributed by atoms with van der Waals surface area (Å²) in [5.74, 6) is 1.60. The molecule has 2 N–H and O–H groups in total. The van der Waals surface area contributed by atoms with Gasteiger partial charge in [0.25, 0.3) is 0 Å². The lowest BCUT2D eigenvalue weighted by Crippen LogP contribution is -2.31. The van der Waals surface area contributed by atoms with Crippen molar-refractivity contribution in [2.45, 2.75) is 46.2 Å². The normalized spacial score (nSPS) is 12.7. The summed E-state index contributed by atoms with van der Waals surface area (Å²) in [6.07, 6.45) is 2.02. The van der Waals surface area contributed by atoms with Crippen LogP contribution < -0.4 is 10.1 Å². The number of aliphatic hydroxyl groups excluding tert-OH is 1. The van der Waals surface area contributed by atoms with Gasteiger partial charge in [-0.1, -0.05) is 32.9 Å². The second-order valence-corrected chi connectivity index (χ2v) is 5.34. The maximum absolute atomic E-state index is 9.11. The fourth-order valence-electron chi connectivity index (χ4n) is 1.72. The summed E-state index contributed by atoms with van der Waals surface area (Å²) in [5.41, 5.74) is 1.21. The van der Waals surface area contributed by atoms with Crippen LogP contribution in [0, 0.1) is 5.92 Å². The first-order valence-corrected chi connectivity index (χ1v) is 7.21. The molecular formula is C16H27NO2. The van der Waals surface area contributed by atoms with Gasteiger partial charge in [0.2, 0.25) is 0 Å². The van der Waals surface area contributed by atoms with Crippen molar-refractivity contribution < 1.29 is 9.84 Å². The van der Waals surface area contributed by atoms with Crippen molar-refractivity contribution in [2.75, 3.05) is 13.2 Å². The number of benzene rings is 1. The van der Waals surface area contributed by atoms with Crippen LogP contribution in [0.25, 0.3) is 0 Å². The van der Waals surface area contributed by atoms with E-state index in [0.29, 0.717) is 5.92 Å². The number of nitrogens with one attached hydrogen (secondary N) is 1. The Hall–Kier alpha value is -1.06. The fourth-order valence-corrected chi connectivity index (χ4v) is 1.72. The van der Waals surface area contributed by atoms with Crippen LogP contribution in [-0.4, -0.2) is 24.4 Å². The smallest absolute Gasteiger partial charge is 0.119 e. The molecule has 3 heteroatoms. The number of aliphatic hydroxyl groups is 1. The van der Waals surface area contributed by atoms with Gasteiger partial charge in [-0.3, -0.25) is 0 Å². The Morgan fingerprint density at radius 1 is 1.21 bits per heavy atom. The molecule has 0 spiro atoms. The zero-order valence-electron chi connectivity index (χ0n) is 12.4. The van der Waals surface area contributed by atoms with Crippen LogP contribution in [0.15, 0.2) is 24.3 Å². The lowest BCUT2D eigenvalue weighted by atomic mass is 10.1. The second kappa shape index (κ2) is 8.94. The van der Waals surface area contributed by atoms with Crippen molar-refractivity contribution in [1.82, 2.24) is 5.32 Å². The molecule has 19 heavy (non-hydrogen) atoms. The van der Waals surface area contributed by atoms with E-state index in [2.05, 4.69) is 38.2 Å². The van der Waals surface area contributed by atoms with Gasteiger partial charge in [0, 0.05) is 12.6 Å². The van der Waals surface area contributed by atoms with Crippen LogP contribution in [0.2, 0.25) is 0 Å². The van der Waals surface area contributed by atoms with Gasteiger partial charge >= 0.3 is 0 Å². The van der Waals surface area contributed by atoms with Crippen molar-refractivity contribution in [3.8, 4) is 5.75 Å². The molecule has 1 aromatic rings. The standard InChI is InChI=1S/C16H27NO2/c1-4-15(12-18)17-11-14-5-7-16(8-6-14)19-10-9-13(2)3/h5-8,13,15,17-18H,4,9-12H2,1-3H3/t15-/m1/s1. The SMILES string of the molecule is CC[C@H](CO)NCc1ccc(OCCC(C)C)cc1. The molecule has 0 aliphatic carbocycles. The van der Waals surface area contributed by atoms with Gasteiger partial charge in [0.1, 0.15) is 5.75 Å². The molecule has 0 saturated carbocycles. The summed E-state index contributed by atoms with van der Waals surface area (Å²) in [6.45, 7) is 8.21. The van der Waals surface area contributed by atoms with Gasteiger partial charge in [0.05, 0.1) is 13.2 Å². The van der Waals surface area contributed by atoms with Gasteiger partial charge in [-0.15, -0.1) is 0 Å². The highest BCUT2D eigenvalue weighted by Crippen LogP contribution is 2.13. The summed E-state index contributed by atoms with van der Waals surface area (Å²) in [4.78, 5) is 0. The van der Waals surface area contributed by atoms with Crippen molar-refractivity contribution in [1.29, 1.82) is 0 Å². The van der Waals surface area contributed by atoms with Crippen LogP contribution in [0.5, 0.6) is 5.75 Å². The maximum Gasteiger partial charge on any atom is 0.119 e. The Morgan fingerprint density at radius 2 is 1.89 bits per heavy atom. The predicted octanol–water partition coefficient (Wildman–Crippen LogP) is 2.97. The van der Waals surface area contributed by atoms with Gasteiger partial charge in [-0.25, -0.2) is 0 Å². The molecule has 3 nitrogen and oxygen atoms in total. The van der Waals surface area contributed by atoms with E-state index in [1.54, 1.807) is 0 Å². The van der Waals surface area contributed by atoms with E-state index in [0.717, 1.165) is 31.7 Å². The number of ether oxygens (including phenoxy) is 1. The van der Waals surface area contributed by atoms with Crippen LogP contribution in [0.3, 0.4) is 0 Å². The van der Waals surface area contributed by atoms with Gasteiger partial charge in [-0.2, -0.15) is 0 Å². The minimum Gasteiger partial charge on any atom is -0.494 e. The molecule has 108 valence electrons. The Morgan fingerprint density at radius 3 is 2.42 bits per heavy atom. The first kappa shape index (κ1) is 16.0. The Bertz CT molecular complexity index is 331. The van der Waals surface area contributed by atoms with Gasteiger partial charge in [0.15, 0.2) is 0 Å². The molecule has 0 unspecified atom stereocenters. The Kier molecular flexibility index (Phi) is 7.53. The summed E-state index contributed by atoms with van der Waals surface area (Å²) >= 11 is 0. The molecule has 0 amide bonds. The molecule has 0 bridgehead atoms. The lowest BCUT2D eigenvalue weighted by molar-refractivity contribution is 0.238. The topological polar surface area (TPSA) is 41.5 Å². The average molecular weight is 265 g/mol. The van der Waals surface area contributed by atoms with E-state index >= 15 is 0 Å². The third-order valence-electron chi connectivity index (χ3n) is 3.20. The van der Waals surface area contributed by atoms with Crippen molar-refractivity contribution in [2.24, 2.45) is 5.92 Å². The predicted molar refractivity (Wildman–Crippen MR) is 79.4 cm³/mol. The largest absolute Gasteiger partial charge is 0.494 e. The van der Waals surface area contributed by atoms with Gasteiger partial charge in [-0.05, 0) is 36.5 Å². The zero-order chi connectivity index (χ0) is 14.1. The van der Waals surface area contributed by atoms with E-state index < -0.39 is 0 Å². The summed E-state index contributed by atoms with van der Waals surface area (Å²) in [6, 6.07) is 8.35. The highest BCUT2D eigenvalue weighted by Gasteiger charge is 2.03. The average Bonchev–Trinajstić information content (AvgIpc) is 2.41. The van der Waals surface area contributed by atoms with Gasteiger partial charge < -0.3 is 15.2 Å². The van der Waals surface area contributed by atoms with Crippen molar-refractivity contribution in [3.63, 3.8) is 0 Å².